The SMILES string of the molecule is CCC1O[C@H](C)[C@H](Nc2ccc3ccc(=O)oc3c2)C(OC(=O)C(C)(C)C)[C@H]1[18F]. The van der Waals surface area contributed by atoms with Gasteiger partial charge in [0.15, 0.2) is 12.3 Å². The van der Waals surface area contributed by atoms with Gasteiger partial charge < -0.3 is 19.2 Å². The van der Waals surface area contributed by atoms with Crippen LogP contribution in [0.4, 0.5) is 10.1 Å². The van der Waals surface area contributed by atoms with Crippen molar-refractivity contribution in [3.63, 3.8) is 0 Å². The van der Waals surface area contributed by atoms with Crippen molar-refractivity contribution in [2.24, 2.45) is 5.41 Å². The Hall–Kier alpha value is -2.41. The van der Waals surface area contributed by atoms with Gasteiger partial charge in [-0.15, -0.1) is 0 Å². The van der Waals surface area contributed by atoms with Gasteiger partial charge in [0, 0.05) is 23.2 Å². The first kappa shape index (κ1) is 21.3. The number of halogens is 1. The van der Waals surface area contributed by atoms with Crippen molar-refractivity contribution < 1.29 is 23.1 Å². The van der Waals surface area contributed by atoms with Crippen molar-refractivity contribution >= 4 is 22.6 Å². The first-order valence-corrected chi connectivity index (χ1v) is 9.91. The molecule has 6 nitrogen and oxygen atoms in total. The molecule has 0 bridgehead atoms. The number of rotatable bonds is 4. The van der Waals surface area contributed by atoms with Gasteiger partial charge in [-0.2, -0.15) is 0 Å². The summed E-state index contributed by atoms with van der Waals surface area (Å²) < 4.78 is 31.9. The van der Waals surface area contributed by atoms with E-state index in [4.69, 9.17) is 13.9 Å². The molecule has 1 N–H and O–H groups in total. The zero-order valence-electron chi connectivity index (χ0n) is 17.4. The standard InChI is InChI=1S/C22H28FNO5/c1-6-15-18(23)20(29-21(26)22(3,4)5)19(12(2)27-15)24-14-9-7-13-8-10-17(25)28-16(13)11-14/h7-12,15,18-20,24H,6H2,1-5H3/t12-,15?,18+,19+,20?/m1/s1/i23-1. The molecule has 0 aliphatic carbocycles. The molecule has 2 unspecified atom stereocenters. The molecule has 5 atom stereocenters. The normalized spacial score (nSPS) is 27.6. The smallest absolute Gasteiger partial charge is 0.336 e. The van der Waals surface area contributed by atoms with Gasteiger partial charge in [0.2, 0.25) is 0 Å². The lowest BCUT2D eigenvalue weighted by Gasteiger charge is -2.43. The van der Waals surface area contributed by atoms with Gasteiger partial charge >= 0.3 is 11.6 Å². The molecule has 1 fully saturated rings. The Labute approximate surface area is 169 Å². The molecule has 1 aliphatic rings. The molecule has 7 heteroatoms. The van der Waals surface area contributed by atoms with Crippen LogP contribution in [-0.4, -0.2) is 36.5 Å². The summed E-state index contributed by atoms with van der Waals surface area (Å²) in [5.41, 5.74) is -0.167. The number of anilines is 1. The largest absolute Gasteiger partial charge is 0.456 e. The van der Waals surface area contributed by atoms with Crippen LogP contribution >= 0.6 is 0 Å². The van der Waals surface area contributed by atoms with E-state index in [2.05, 4.69) is 5.32 Å². The van der Waals surface area contributed by atoms with Crippen molar-refractivity contribution in [1.82, 2.24) is 0 Å². The van der Waals surface area contributed by atoms with Crippen LogP contribution in [0.5, 0.6) is 0 Å². The third-order valence-corrected chi connectivity index (χ3v) is 5.13. The summed E-state index contributed by atoms with van der Waals surface area (Å²) in [7, 11) is 0. The summed E-state index contributed by atoms with van der Waals surface area (Å²) in [4.78, 5) is 24.0. The zero-order chi connectivity index (χ0) is 21.3. The van der Waals surface area contributed by atoms with Gasteiger partial charge in [-0.3, -0.25) is 4.79 Å². The number of carbonyl (C=O) groups is 1. The van der Waals surface area contributed by atoms with Crippen LogP contribution in [0, 0.1) is 5.41 Å². The van der Waals surface area contributed by atoms with Crippen molar-refractivity contribution in [2.75, 3.05) is 5.32 Å². The summed E-state index contributed by atoms with van der Waals surface area (Å²) in [6, 6.07) is 7.70. The van der Waals surface area contributed by atoms with Crippen molar-refractivity contribution in [3.05, 3.63) is 40.8 Å². The Morgan fingerprint density at radius 1 is 1.24 bits per heavy atom. The number of hydrogen-bond acceptors (Lipinski definition) is 6. The Kier molecular flexibility index (Phi) is 5.98. The fourth-order valence-electron chi connectivity index (χ4n) is 3.41. The fraction of sp³-hybridized carbons (Fsp3) is 0.545. The molecular formula is C22H28FNO5. The summed E-state index contributed by atoms with van der Waals surface area (Å²) in [6.45, 7) is 8.86. The second kappa shape index (κ2) is 8.14. The molecule has 3 rings (SSSR count). The van der Waals surface area contributed by atoms with Crippen molar-refractivity contribution in [2.45, 2.75) is 71.6 Å². The highest BCUT2D eigenvalue weighted by molar-refractivity contribution is 5.80. The fourth-order valence-corrected chi connectivity index (χ4v) is 3.41. The Morgan fingerprint density at radius 3 is 2.59 bits per heavy atom. The van der Waals surface area contributed by atoms with E-state index in [9.17, 15) is 9.59 Å². The van der Waals surface area contributed by atoms with Crippen LogP contribution in [0.15, 0.2) is 39.5 Å². The lowest BCUT2D eigenvalue weighted by Crippen LogP contribution is -2.59. The second-order valence-corrected chi connectivity index (χ2v) is 8.53. The number of fused-ring (bicyclic) bond motifs is 1. The average molecular weight is 404 g/mol. The number of esters is 1. The second-order valence-electron chi connectivity index (χ2n) is 8.53. The van der Waals surface area contributed by atoms with E-state index >= 15 is 4.39 Å². The molecule has 0 radical (unpaired) electrons. The summed E-state index contributed by atoms with van der Waals surface area (Å²) >= 11 is 0. The molecule has 1 aliphatic heterocycles. The van der Waals surface area contributed by atoms with Gasteiger partial charge in [0.05, 0.1) is 23.7 Å². The van der Waals surface area contributed by atoms with E-state index < -0.39 is 47.5 Å². The number of hydrogen-bond donors (Lipinski definition) is 1. The number of nitrogens with one attached hydrogen (secondary N) is 1. The molecule has 0 amide bonds. The van der Waals surface area contributed by atoms with Crippen molar-refractivity contribution in [3.8, 4) is 0 Å². The van der Waals surface area contributed by atoms with E-state index in [0.717, 1.165) is 5.39 Å². The van der Waals surface area contributed by atoms with Crippen LogP contribution in [0.25, 0.3) is 11.0 Å². The highest BCUT2D eigenvalue weighted by atomic mass is 18.2. The molecule has 0 spiro atoms. The molecule has 1 saturated heterocycles. The van der Waals surface area contributed by atoms with Crippen LogP contribution in [0.3, 0.4) is 0 Å². The maximum atomic E-state index is 15.2. The summed E-state index contributed by atoms with van der Waals surface area (Å²) in [5.74, 6) is -0.467. The number of alkyl halides is 1. The third kappa shape index (κ3) is 4.61. The lowest BCUT2D eigenvalue weighted by molar-refractivity contribution is -0.187. The van der Waals surface area contributed by atoms with Crippen LogP contribution in [-0.2, 0) is 14.3 Å². The molecule has 0 saturated carbocycles. The number of carbonyl (C=O) groups excluding carboxylic acids is 1. The zero-order valence-corrected chi connectivity index (χ0v) is 17.4. The topological polar surface area (TPSA) is 77.8 Å². The van der Waals surface area contributed by atoms with Gasteiger partial charge in [-0.25, -0.2) is 9.18 Å². The molecular weight excluding hydrogens is 376 g/mol. The molecule has 1 aromatic carbocycles. The Bertz CT molecular complexity index is 935. The van der Waals surface area contributed by atoms with Crippen molar-refractivity contribution in [1.29, 1.82) is 0 Å². The highest BCUT2D eigenvalue weighted by Crippen LogP contribution is 2.32. The predicted molar refractivity (Wildman–Crippen MR) is 109 cm³/mol. The minimum absolute atomic E-state index is 0.400. The molecule has 29 heavy (non-hydrogen) atoms. The van der Waals surface area contributed by atoms with Gasteiger partial charge in [0.1, 0.15) is 5.58 Å². The average Bonchev–Trinajstić information content (AvgIpc) is 2.65. The van der Waals surface area contributed by atoms with Crippen LogP contribution in [0.1, 0.15) is 41.0 Å². The molecule has 2 heterocycles. The van der Waals surface area contributed by atoms with E-state index in [1.54, 1.807) is 45.0 Å². The number of ether oxygens (including phenoxy) is 2. The van der Waals surface area contributed by atoms with Gasteiger partial charge in [-0.1, -0.05) is 6.92 Å². The predicted octanol–water partition coefficient (Wildman–Crippen LogP) is 4.07. The first-order valence-electron chi connectivity index (χ1n) is 9.91. The quantitative estimate of drug-likeness (QED) is 0.611. The minimum Gasteiger partial charge on any atom is -0.456 e. The summed E-state index contributed by atoms with van der Waals surface area (Å²) in [5, 5.41) is 3.99. The van der Waals surface area contributed by atoms with E-state index in [-0.39, 0.29) is 0 Å². The highest BCUT2D eigenvalue weighted by Gasteiger charge is 2.47. The van der Waals surface area contributed by atoms with Crippen LogP contribution in [0.2, 0.25) is 0 Å². The van der Waals surface area contributed by atoms with E-state index in [1.165, 1.54) is 6.07 Å². The minimum atomic E-state index is -1.46. The maximum Gasteiger partial charge on any atom is 0.336 e. The molecule has 2 aromatic rings. The number of benzene rings is 1. The monoisotopic (exact) mass is 404 g/mol. The van der Waals surface area contributed by atoms with E-state index in [1.807, 2.05) is 13.8 Å². The molecule has 1 aromatic heterocycles. The van der Waals surface area contributed by atoms with Gasteiger partial charge in [0.25, 0.3) is 0 Å². The lowest BCUT2D eigenvalue weighted by atomic mass is 9.91. The third-order valence-electron chi connectivity index (χ3n) is 5.13. The van der Waals surface area contributed by atoms with Gasteiger partial charge in [-0.05, 0) is 52.3 Å². The first-order chi connectivity index (χ1) is 13.6. The molecule has 158 valence electrons. The maximum absolute atomic E-state index is 15.2. The van der Waals surface area contributed by atoms with Crippen LogP contribution < -0.4 is 10.9 Å². The summed E-state index contributed by atoms with van der Waals surface area (Å²) in [6.07, 6.45) is -3.03. The Morgan fingerprint density at radius 2 is 1.93 bits per heavy atom. The Balaban J connectivity index is 1.91. The van der Waals surface area contributed by atoms with E-state index in [0.29, 0.717) is 17.7 Å².